The van der Waals surface area contributed by atoms with Gasteiger partial charge in [0.25, 0.3) is 0 Å². The zero-order valence-electron chi connectivity index (χ0n) is 17.8. The van der Waals surface area contributed by atoms with E-state index in [1.807, 2.05) is 0 Å². The Balaban J connectivity index is 1.76. The molecule has 1 fully saturated rings. The molecule has 12 heteroatoms. The SMILES string of the molecule is COc1cc([C@H]2Oc3cc(O)cc(O)c3C(=O)[C@H]2O[C@@H]2O[C@H](CO)[C@H](O)[C@H](O)[C@H]2O)ccc1O. The van der Waals surface area contributed by atoms with Gasteiger partial charge < -0.3 is 54.7 Å². The van der Waals surface area contributed by atoms with E-state index in [1.165, 1.54) is 25.3 Å². The van der Waals surface area contributed by atoms with Crippen LogP contribution < -0.4 is 9.47 Å². The van der Waals surface area contributed by atoms with Gasteiger partial charge in [0.2, 0.25) is 5.78 Å². The number of carbonyl (C=O) groups is 1. The van der Waals surface area contributed by atoms with Crippen LogP contribution in [0, 0.1) is 0 Å². The predicted molar refractivity (Wildman–Crippen MR) is 111 cm³/mol. The van der Waals surface area contributed by atoms with Gasteiger partial charge in [-0.15, -0.1) is 0 Å². The number of Topliss-reactive ketones (excluding diaryl/α,β-unsaturated/α-hetero) is 1. The van der Waals surface area contributed by atoms with Crippen molar-refractivity contribution in [3.05, 3.63) is 41.5 Å². The maximum absolute atomic E-state index is 13.4. The summed E-state index contributed by atoms with van der Waals surface area (Å²) in [6, 6.07) is 6.16. The van der Waals surface area contributed by atoms with E-state index in [1.54, 1.807) is 0 Å². The molecule has 2 aliphatic rings. The van der Waals surface area contributed by atoms with Crippen LogP contribution in [0.25, 0.3) is 0 Å². The first-order valence-electron chi connectivity index (χ1n) is 10.3. The molecule has 0 aliphatic carbocycles. The summed E-state index contributed by atoms with van der Waals surface area (Å²) in [5, 5.41) is 69.9. The largest absolute Gasteiger partial charge is 0.508 e. The summed E-state index contributed by atoms with van der Waals surface area (Å²) >= 11 is 0. The third-order valence-corrected chi connectivity index (χ3v) is 5.76. The van der Waals surface area contributed by atoms with Gasteiger partial charge in [0.15, 0.2) is 30.0 Å². The quantitative estimate of drug-likeness (QED) is 0.285. The number of methoxy groups -OCH3 is 1. The second-order valence-electron chi connectivity index (χ2n) is 7.93. The fourth-order valence-corrected chi connectivity index (χ4v) is 3.98. The first kappa shape index (κ1) is 24.0. The lowest BCUT2D eigenvalue weighted by atomic mass is 9.92. The Hall–Kier alpha value is -3.13. The average Bonchev–Trinajstić information content (AvgIpc) is 2.80. The van der Waals surface area contributed by atoms with Gasteiger partial charge in [0.1, 0.15) is 47.2 Å². The molecule has 2 aromatic carbocycles. The van der Waals surface area contributed by atoms with Gasteiger partial charge >= 0.3 is 0 Å². The topological polar surface area (TPSA) is 196 Å². The summed E-state index contributed by atoms with van der Waals surface area (Å²) in [6.45, 7) is -0.707. The molecule has 0 spiro atoms. The van der Waals surface area contributed by atoms with Crippen LogP contribution in [0.1, 0.15) is 22.0 Å². The van der Waals surface area contributed by atoms with E-state index >= 15 is 0 Å². The Morgan fingerprint density at radius 2 is 1.71 bits per heavy atom. The number of hydrogen-bond donors (Lipinski definition) is 7. The summed E-state index contributed by atoms with van der Waals surface area (Å²) in [6.07, 6.45) is -11.0. The van der Waals surface area contributed by atoms with Crippen LogP contribution in [0.4, 0.5) is 0 Å². The van der Waals surface area contributed by atoms with Crippen molar-refractivity contribution in [3.8, 4) is 28.7 Å². The zero-order valence-corrected chi connectivity index (χ0v) is 17.8. The second kappa shape index (κ2) is 9.25. The predicted octanol–water partition coefficient (Wildman–Crippen LogP) is -0.687. The van der Waals surface area contributed by atoms with Crippen LogP contribution in [0.5, 0.6) is 28.7 Å². The van der Waals surface area contributed by atoms with E-state index in [0.29, 0.717) is 0 Å². The minimum absolute atomic E-state index is 0.0599. The van der Waals surface area contributed by atoms with E-state index in [0.717, 1.165) is 12.1 Å². The molecule has 0 saturated carbocycles. The van der Waals surface area contributed by atoms with Crippen molar-refractivity contribution in [2.45, 2.75) is 42.9 Å². The fraction of sp³-hybridized carbons (Fsp3) is 0.409. The van der Waals surface area contributed by atoms with E-state index in [-0.39, 0.29) is 34.1 Å². The van der Waals surface area contributed by atoms with Gasteiger partial charge in [0.05, 0.1) is 13.7 Å². The van der Waals surface area contributed by atoms with Crippen LogP contribution in [-0.4, -0.2) is 92.1 Å². The summed E-state index contributed by atoms with van der Waals surface area (Å²) in [5.41, 5.74) is -0.0135. The molecule has 34 heavy (non-hydrogen) atoms. The van der Waals surface area contributed by atoms with E-state index in [9.17, 15) is 40.5 Å². The molecule has 184 valence electrons. The van der Waals surface area contributed by atoms with Crippen molar-refractivity contribution in [2.24, 2.45) is 0 Å². The Kier molecular flexibility index (Phi) is 6.53. The number of aliphatic hydroxyl groups excluding tert-OH is 4. The van der Waals surface area contributed by atoms with Gasteiger partial charge in [0, 0.05) is 12.1 Å². The molecule has 7 N–H and O–H groups in total. The number of ketones is 1. The molecular formula is C22H24O12. The van der Waals surface area contributed by atoms with E-state index < -0.39 is 61.1 Å². The number of aliphatic hydroxyl groups is 4. The van der Waals surface area contributed by atoms with E-state index in [2.05, 4.69) is 0 Å². The number of benzene rings is 2. The highest BCUT2D eigenvalue weighted by Gasteiger charge is 2.49. The molecule has 7 atom stereocenters. The average molecular weight is 480 g/mol. The number of fused-ring (bicyclic) bond motifs is 1. The van der Waals surface area contributed by atoms with Gasteiger partial charge in [-0.25, -0.2) is 0 Å². The molecule has 0 bridgehead atoms. The minimum Gasteiger partial charge on any atom is -0.508 e. The van der Waals surface area contributed by atoms with Crippen LogP contribution in [-0.2, 0) is 9.47 Å². The summed E-state index contributed by atoms with van der Waals surface area (Å²) in [7, 11) is 1.32. The third kappa shape index (κ3) is 4.11. The Morgan fingerprint density at radius 1 is 0.971 bits per heavy atom. The lowest BCUT2D eigenvalue weighted by Crippen LogP contribution is -2.60. The fourth-order valence-electron chi connectivity index (χ4n) is 3.98. The maximum atomic E-state index is 13.4. The maximum Gasteiger partial charge on any atom is 0.203 e. The number of aromatic hydroxyl groups is 3. The smallest absolute Gasteiger partial charge is 0.203 e. The molecule has 2 heterocycles. The summed E-state index contributed by atoms with van der Waals surface area (Å²) in [5.74, 6) is -2.01. The highest BCUT2D eigenvalue weighted by Crippen LogP contribution is 2.44. The Bertz CT molecular complexity index is 1070. The van der Waals surface area contributed by atoms with Gasteiger partial charge in [-0.3, -0.25) is 4.79 Å². The molecule has 2 aliphatic heterocycles. The van der Waals surface area contributed by atoms with Gasteiger partial charge in [-0.05, 0) is 17.7 Å². The number of ether oxygens (including phenoxy) is 4. The number of hydrogen-bond acceptors (Lipinski definition) is 12. The molecule has 1 saturated heterocycles. The van der Waals surface area contributed by atoms with Crippen molar-refractivity contribution in [1.29, 1.82) is 0 Å². The molecule has 12 nitrogen and oxygen atoms in total. The van der Waals surface area contributed by atoms with Crippen LogP contribution in [0.2, 0.25) is 0 Å². The molecule has 0 radical (unpaired) electrons. The van der Waals surface area contributed by atoms with Crippen molar-refractivity contribution < 1.29 is 59.5 Å². The number of phenolic OH excluding ortho intramolecular Hbond substituents is 3. The lowest BCUT2D eigenvalue weighted by Gasteiger charge is -2.42. The number of rotatable bonds is 5. The van der Waals surface area contributed by atoms with Crippen molar-refractivity contribution >= 4 is 5.78 Å². The number of carbonyl (C=O) groups excluding carboxylic acids is 1. The van der Waals surface area contributed by atoms with E-state index in [4.69, 9.17) is 18.9 Å². The molecular weight excluding hydrogens is 456 g/mol. The first-order valence-corrected chi connectivity index (χ1v) is 10.3. The van der Waals surface area contributed by atoms with Crippen LogP contribution in [0.3, 0.4) is 0 Å². The summed E-state index contributed by atoms with van der Waals surface area (Å²) < 4.78 is 22.1. The minimum atomic E-state index is -1.80. The number of phenols is 3. The zero-order chi connectivity index (χ0) is 24.7. The monoisotopic (exact) mass is 480 g/mol. The van der Waals surface area contributed by atoms with Crippen molar-refractivity contribution in [1.82, 2.24) is 0 Å². The molecule has 0 unspecified atom stereocenters. The summed E-state index contributed by atoms with van der Waals surface area (Å²) in [4.78, 5) is 13.4. The van der Waals surface area contributed by atoms with Crippen LogP contribution in [0.15, 0.2) is 30.3 Å². The Labute approximate surface area is 192 Å². The first-order chi connectivity index (χ1) is 16.2. The van der Waals surface area contributed by atoms with Crippen LogP contribution >= 0.6 is 0 Å². The van der Waals surface area contributed by atoms with Crippen molar-refractivity contribution in [3.63, 3.8) is 0 Å². The lowest BCUT2D eigenvalue weighted by molar-refractivity contribution is -0.311. The highest BCUT2D eigenvalue weighted by molar-refractivity contribution is 6.05. The second-order valence-corrected chi connectivity index (χ2v) is 7.93. The third-order valence-electron chi connectivity index (χ3n) is 5.76. The van der Waals surface area contributed by atoms with Crippen molar-refractivity contribution in [2.75, 3.05) is 13.7 Å². The molecule has 0 amide bonds. The highest BCUT2D eigenvalue weighted by atomic mass is 16.7. The molecule has 4 rings (SSSR count). The molecule has 0 aromatic heterocycles. The molecule has 2 aromatic rings. The normalized spacial score (nSPS) is 31.0. The van der Waals surface area contributed by atoms with Gasteiger partial charge in [-0.1, -0.05) is 6.07 Å². The standard InChI is InChI=1S/C22H24O12/c1-31-12-4-8(2-3-10(12)25)20-21(17(28)15-11(26)5-9(24)6-13(15)32-20)34-22-19(30)18(29)16(27)14(7-23)33-22/h2-6,14,16,18-27,29-30H,7H2,1H3/t14-,16+,18+,19-,20-,21-,22+/m1/s1. The Morgan fingerprint density at radius 3 is 2.38 bits per heavy atom. The van der Waals surface area contributed by atoms with Gasteiger partial charge in [-0.2, -0.15) is 0 Å².